The Morgan fingerprint density at radius 3 is 2.40 bits per heavy atom. The van der Waals surface area contributed by atoms with Crippen LogP contribution in [0.3, 0.4) is 0 Å². The number of benzene rings is 1. The highest BCUT2D eigenvalue weighted by atomic mass is 19.1. The summed E-state index contributed by atoms with van der Waals surface area (Å²) in [6.45, 7) is 6.38. The molecular weight excluding hydrogens is 317 g/mol. The Hall–Kier alpha value is -2.21. The molecule has 0 spiro atoms. The highest BCUT2D eigenvalue weighted by Crippen LogP contribution is 2.21. The molecule has 5 nitrogen and oxygen atoms in total. The molecule has 0 amide bonds. The Morgan fingerprint density at radius 1 is 0.880 bits per heavy atom. The topological polar surface area (TPSA) is 35.5 Å². The van der Waals surface area contributed by atoms with Crippen molar-refractivity contribution in [2.24, 2.45) is 0 Å². The van der Waals surface area contributed by atoms with Gasteiger partial charge in [-0.3, -0.25) is 4.90 Å². The van der Waals surface area contributed by atoms with Crippen molar-refractivity contribution in [2.45, 2.75) is 19.4 Å². The van der Waals surface area contributed by atoms with E-state index in [9.17, 15) is 4.39 Å². The van der Waals surface area contributed by atoms with Crippen LogP contribution in [0.25, 0.3) is 0 Å². The van der Waals surface area contributed by atoms with Gasteiger partial charge in [-0.05, 0) is 25.0 Å². The van der Waals surface area contributed by atoms with Gasteiger partial charge >= 0.3 is 0 Å². The maximum atomic E-state index is 13.8. The van der Waals surface area contributed by atoms with E-state index in [2.05, 4.69) is 19.7 Å². The lowest BCUT2D eigenvalue weighted by molar-refractivity contribution is 0.245. The summed E-state index contributed by atoms with van der Waals surface area (Å²) in [7, 11) is 0. The van der Waals surface area contributed by atoms with Crippen LogP contribution in [0.15, 0.2) is 36.5 Å². The number of nitrogens with zero attached hydrogens (tertiary/aromatic N) is 5. The Labute approximate surface area is 148 Å². The summed E-state index contributed by atoms with van der Waals surface area (Å²) in [4.78, 5) is 16.1. The van der Waals surface area contributed by atoms with Crippen molar-refractivity contribution in [3.63, 3.8) is 0 Å². The number of aromatic nitrogens is 2. The van der Waals surface area contributed by atoms with E-state index >= 15 is 0 Å². The summed E-state index contributed by atoms with van der Waals surface area (Å²) < 4.78 is 13.8. The molecule has 0 unspecified atom stereocenters. The molecule has 1 aromatic carbocycles. The van der Waals surface area contributed by atoms with Gasteiger partial charge in [0.2, 0.25) is 5.95 Å². The zero-order valence-electron chi connectivity index (χ0n) is 14.4. The lowest BCUT2D eigenvalue weighted by Crippen LogP contribution is -2.46. The van der Waals surface area contributed by atoms with Crippen LogP contribution in [-0.4, -0.2) is 54.1 Å². The summed E-state index contributed by atoms with van der Waals surface area (Å²) in [5.41, 5.74) is 0.767. The highest BCUT2D eigenvalue weighted by Gasteiger charge is 2.21. The largest absolute Gasteiger partial charge is 0.356 e. The second-order valence-electron chi connectivity index (χ2n) is 6.76. The van der Waals surface area contributed by atoms with Crippen molar-refractivity contribution in [1.82, 2.24) is 14.9 Å². The number of hydrogen-bond acceptors (Lipinski definition) is 5. The molecule has 0 saturated carbocycles. The molecule has 0 N–H and O–H groups in total. The molecule has 25 heavy (non-hydrogen) atoms. The first kappa shape index (κ1) is 16.3. The summed E-state index contributed by atoms with van der Waals surface area (Å²) in [6, 6.07) is 9.03. The number of halogens is 1. The standard InChI is InChI=1S/C19H24FN5/c20-17-6-2-1-5-16(17)15-23-11-13-25(14-12-23)19-21-8-7-18(22-19)24-9-3-4-10-24/h1-2,5-8H,3-4,9-15H2. The van der Waals surface area contributed by atoms with Crippen LogP contribution in [0.5, 0.6) is 0 Å². The average molecular weight is 341 g/mol. The molecule has 6 heteroatoms. The fourth-order valence-electron chi connectivity index (χ4n) is 3.59. The fraction of sp³-hybridized carbons (Fsp3) is 0.474. The van der Waals surface area contributed by atoms with Crippen LogP contribution in [0, 0.1) is 5.82 Å². The molecule has 1 aromatic heterocycles. The monoisotopic (exact) mass is 341 g/mol. The summed E-state index contributed by atoms with van der Waals surface area (Å²) in [5.74, 6) is 1.73. The third-order valence-corrected chi connectivity index (χ3v) is 5.07. The van der Waals surface area contributed by atoms with E-state index in [1.807, 2.05) is 24.4 Å². The molecule has 2 aliphatic heterocycles. The molecule has 0 atom stereocenters. The minimum absolute atomic E-state index is 0.119. The van der Waals surface area contributed by atoms with E-state index < -0.39 is 0 Å². The van der Waals surface area contributed by atoms with Gasteiger partial charge in [0, 0.05) is 57.6 Å². The van der Waals surface area contributed by atoms with Gasteiger partial charge in [-0.2, -0.15) is 4.98 Å². The van der Waals surface area contributed by atoms with Gasteiger partial charge in [-0.25, -0.2) is 9.37 Å². The van der Waals surface area contributed by atoms with E-state index in [1.165, 1.54) is 18.9 Å². The zero-order valence-corrected chi connectivity index (χ0v) is 14.4. The molecule has 4 rings (SSSR count). The van der Waals surface area contributed by atoms with Crippen molar-refractivity contribution in [2.75, 3.05) is 49.1 Å². The van der Waals surface area contributed by atoms with E-state index in [0.717, 1.165) is 56.6 Å². The predicted octanol–water partition coefficient (Wildman–Crippen LogP) is 2.54. The van der Waals surface area contributed by atoms with E-state index in [1.54, 1.807) is 6.07 Å². The minimum atomic E-state index is -0.119. The fourth-order valence-corrected chi connectivity index (χ4v) is 3.59. The van der Waals surface area contributed by atoms with Crippen LogP contribution >= 0.6 is 0 Å². The quantitative estimate of drug-likeness (QED) is 0.854. The van der Waals surface area contributed by atoms with Gasteiger partial charge < -0.3 is 9.80 Å². The highest BCUT2D eigenvalue weighted by molar-refractivity contribution is 5.44. The molecule has 3 heterocycles. The first-order chi connectivity index (χ1) is 12.3. The first-order valence-electron chi connectivity index (χ1n) is 9.08. The summed E-state index contributed by atoms with van der Waals surface area (Å²) in [6.07, 6.45) is 4.35. The molecule has 2 aromatic rings. The SMILES string of the molecule is Fc1ccccc1CN1CCN(c2nccc(N3CCCC3)n2)CC1. The molecule has 2 aliphatic rings. The molecule has 0 aliphatic carbocycles. The van der Waals surface area contributed by atoms with E-state index in [0.29, 0.717) is 6.54 Å². The van der Waals surface area contributed by atoms with Crippen LogP contribution in [0.2, 0.25) is 0 Å². The van der Waals surface area contributed by atoms with Crippen LogP contribution < -0.4 is 9.80 Å². The Kier molecular flexibility index (Phi) is 4.78. The smallest absolute Gasteiger partial charge is 0.227 e. The van der Waals surface area contributed by atoms with Gasteiger partial charge in [0.1, 0.15) is 11.6 Å². The maximum Gasteiger partial charge on any atom is 0.227 e. The van der Waals surface area contributed by atoms with E-state index in [-0.39, 0.29) is 5.82 Å². The predicted molar refractivity (Wildman–Crippen MR) is 97.4 cm³/mol. The number of anilines is 2. The van der Waals surface area contributed by atoms with Gasteiger partial charge in [0.15, 0.2) is 0 Å². The number of rotatable bonds is 4. The van der Waals surface area contributed by atoms with Crippen molar-refractivity contribution >= 4 is 11.8 Å². The number of hydrogen-bond donors (Lipinski definition) is 0. The van der Waals surface area contributed by atoms with Gasteiger partial charge in [0.25, 0.3) is 0 Å². The molecule has 0 bridgehead atoms. The molecular formula is C19H24FN5. The normalized spacial score (nSPS) is 18.8. The van der Waals surface area contributed by atoms with Crippen molar-refractivity contribution in [3.8, 4) is 0 Å². The van der Waals surface area contributed by atoms with Crippen LogP contribution in [-0.2, 0) is 6.54 Å². The summed E-state index contributed by atoms with van der Waals surface area (Å²) >= 11 is 0. The minimum Gasteiger partial charge on any atom is -0.356 e. The third kappa shape index (κ3) is 3.74. The van der Waals surface area contributed by atoms with Crippen LogP contribution in [0.4, 0.5) is 16.2 Å². The molecule has 0 radical (unpaired) electrons. The average Bonchev–Trinajstić information content (AvgIpc) is 3.19. The van der Waals surface area contributed by atoms with E-state index in [4.69, 9.17) is 4.98 Å². The van der Waals surface area contributed by atoms with Crippen molar-refractivity contribution < 1.29 is 4.39 Å². The summed E-state index contributed by atoms with van der Waals surface area (Å²) in [5, 5.41) is 0. The lowest BCUT2D eigenvalue weighted by atomic mass is 10.2. The molecule has 2 saturated heterocycles. The lowest BCUT2D eigenvalue weighted by Gasteiger charge is -2.35. The first-order valence-corrected chi connectivity index (χ1v) is 9.08. The third-order valence-electron chi connectivity index (χ3n) is 5.07. The van der Waals surface area contributed by atoms with Crippen molar-refractivity contribution in [3.05, 3.63) is 47.9 Å². The Morgan fingerprint density at radius 2 is 1.64 bits per heavy atom. The second-order valence-corrected chi connectivity index (χ2v) is 6.76. The second kappa shape index (κ2) is 7.35. The van der Waals surface area contributed by atoms with Gasteiger partial charge in [-0.1, -0.05) is 18.2 Å². The van der Waals surface area contributed by atoms with Crippen LogP contribution in [0.1, 0.15) is 18.4 Å². The molecule has 2 fully saturated rings. The zero-order chi connectivity index (χ0) is 17.1. The van der Waals surface area contributed by atoms with Gasteiger partial charge in [0.05, 0.1) is 0 Å². The maximum absolute atomic E-state index is 13.8. The Balaban J connectivity index is 1.37. The van der Waals surface area contributed by atoms with Gasteiger partial charge in [-0.15, -0.1) is 0 Å². The Bertz CT molecular complexity index is 708. The van der Waals surface area contributed by atoms with Crippen molar-refractivity contribution in [1.29, 1.82) is 0 Å². The number of piperazine rings is 1. The molecule has 132 valence electrons.